The smallest absolute Gasteiger partial charge is 0.271 e. The number of hydrogen-bond donors (Lipinski definition) is 2. The average molecular weight is 538 g/mol. The summed E-state index contributed by atoms with van der Waals surface area (Å²) in [4.78, 5) is 26.8. The number of benzene rings is 1. The lowest BCUT2D eigenvalue weighted by molar-refractivity contribution is -0.164. The fourth-order valence-corrected chi connectivity index (χ4v) is 6.75. The molecule has 202 valence electrons. The number of aromatic nitrogens is 2. The van der Waals surface area contributed by atoms with Gasteiger partial charge in [0.25, 0.3) is 5.91 Å². The van der Waals surface area contributed by atoms with Crippen LogP contribution >= 0.6 is 11.6 Å². The number of carbonyl (C=O) groups excluding carboxylic acids is 1. The monoisotopic (exact) mass is 537 g/mol. The van der Waals surface area contributed by atoms with Crippen LogP contribution in [0.2, 0.25) is 5.02 Å². The molecule has 0 unspecified atom stereocenters. The van der Waals surface area contributed by atoms with Crippen molar-refractivity contribution in [3.63, 3.8) is 0 Å². The van der Waals surface area contributed by atoms with Crippen LogP contribution in [0, 0.1) is 28.1 Å². The van der Waals surface area contributed by atoms with Crippen LogP contribution in [0.5, 0.6) is 5.75 Å². The normalized spacial score (nSPS) is 24.6. The number of carbonyl (C=O) groups is 1. The molecular formula is C28H36ClN7O2. The van der Waals surface area contributed by atoms with Crippen molar-refractivity contribution in [1.29, 1.82) is 5.26 Å². The Hall–Kier alpha value is -2.93. The molecule has 3 fully saturated rings. The van der Waals surface area contributed by atoms with E-state index in [1.807, 2.05) is 0 Å². The molecule has 0 atom stereocenters. The number of ether oxygens (including phenoxy) is 1. The van der Waals surface area contributed by atoms with E-state index in [-0.39, 0.29) is 28.9 Å². The molecule has 10 heteroatoms. The molecule has 9 nitrogen and oxygen atoms in total. The summed E-state index contributed by atoms with van der Waals surface area (Å²) >= 11 is 6.19. The van der Waals surface area contributed by atoms with Gasteiger partial charge in [-0.1, -0.05) is 39.3 Å². The Labute approximate surface area is 229 Å². The second kappa shape index (κ2) is 10.3. The zero-order chi connectivity index (χ0) is 27.1. The minimum atomic E-state index is -0.343. The van der Waals surface area contributed by atoms with Crippen molar-refractivity contribution in [3.05, 3.63) is 46.9 Å². The number of nitrogens with zero attached hydrogens (tertiary/aromatic N) is 5. The number of piperazine rings is 1. The van der Waals surface area contributed by atoms with Crippen molar-refractivity contribution in [1.82, 2.24) is 25.5 Å². The van der Waals surface area contributed by atoms with Gasteiger partial charge < -0.3 is 25.2 Å². The lowest BCUT2D eigenvalue weighted by atomic mass is 9.49. The van der Waals surface area contributed by atoms with E-state index >= 15 is 0 Å². The Bertz CT molecular complexity index is 1200. The van der Waals surface area contributed by atoms with Crippen LogP contribution in [0.1, 0.15) is 43.7 Å². The van der Waals surface area contributed by atoms with Crippen molar-refractivity contribution in [2.24, 2.45) is 16.7 Å². The summed E-state index contributed by atoms with van der Waals surface area (Å²) in [6.45, 7) is 15.8. The van der Waals surface area contributed by atoms with E-state index < -0.39 is 0 Å². The summed E-state index contributed by atoms with van der Waals surface area (Å²) in [6.07, 6.45) is 3.10. The summed E-state index contributed by atoms with van der Waals surface area (Å²) < 4.78 is 6.31. The lowest BCUT2D eigenvalue weighted by Crippen LogP contribution is -2.74. The van der Waals surface area contributed by atoms with E-state index in [0.717, 1.165) is 51.6 Å². The van der Waals surface area contributed by atoms with Crippen LogP contribution in [-0.4, -0.2) is 78.7 Å². The first-order valence-electron chi connectivity index (χ1n) is 13.3. The second-order valence-corrected chi connectivity index (χ2v) is 12.3. The van der Waals surface area contributed by atoms with Crippen molar-refractivity contribution >= 4 is 23.3 Å². The predicted octanol–water partition coefficient (Wildman–Crippen LogP) is 2.96. The fourth-order valence-electron chi connectivity index (χ4n) is 6.53. The van der Waals surface area contributed by atoms with Crippen LogP contribution in [0.3, 0.4) is 0 Å². The first-order valence-corrected chi connectivity index (χ1v) is 13.6. The molecule has 1 aliphatic carbocycles. The molecule has 2 aliphatic heterocycles. The zero-order valence-corrected chi connectivity index (χ0v) is 23.3. The van der Waals surface area contributed by atoms with Crippen LogP contribution in [0.4, 0.5) is 5.82 Å². The number of amides is 1. The number of halogens is 1. The molecule has 0 bridgehead atoms. The molecule has 2 saturated heterocycles. The van der Waals surface area contributed by atoms with Crippen molar-refractivity contribution in [2.75, 3.05) is 50.7 Å². The Morgan fingerprint density at radius 1 is 1.18 bits per heavy atom. The summed E-state index contributed by atoms with van der Waals surface area (Å²) in [6, 6.07) is 7.01. The Kier molecular flexibility index (Phi) is 7.25. The summed E-state index contributed by atoms with van der Waals surface area (Å²) in [5.41, 5.74) is 0.0301. The molecule has 1 saturated carbocycles. The molecule has 1 amide bonds. The van der Waals surface area contributed by atoms with Gasteiger partial charge in [0.05, 0.1) is 23.0 Å². The molecule has 1 aromatic heterocycles. The van der Waals surface area contributed by atoms with Crippen LogP contribution in [0.15, 0.2) is 30.6 Å². The molecular weight excluding hydrogens is 502 g/mol. The Morgan fingerprint density at radius 2 is 1.89 bits per heavy atom. The quantitative estimate of drug-likeness (QED) is 0.555. The van der Waals surface area contributed by atoms with E-state index in [1.165, 1.54) is 0 Å². The molecule has 0 radical (unpaired) electrons. The average Bonchev–Trinajstić information content (AvgIpc) is 2.88. The van der Waals surface area contributed by atoms with Gasteiger partial charge in [-0.15, -0.1) is 0 Å². The number of rotatable bonds is 7. The Balaban J connectivity index is 1.16. The second-order valence-electron chi connectivity index (χ2n) is 11.9. The molecule has 2 aromatic rings. The number of anilines is 1. The zero-order valence-electron chi connectivity index (χ0n) is 22.5. The van der Waals surface area contributed by atoms with Gasteiger partial charge in [0.2, 0.25) is 0 Å². The fraction of sp³-hybridized carbons (Fsp3) is 0.571. The molecule has 5 rings (SSSR count). The SMILES string of the molecule is CC1(C)[C@H](NC(=O)c2cnc(N3CC(CN4CCNCC4)C3)cn2)C(C)(C)[C@H]1Oc1ccc(C#N)c(Cl)c1. The van der Waals surface area contributed by atoms with Gasteiger partial charge in [-0.2, -0.15) is 5.26 Å². The van der Waals surface area contributed by atoms with Gasteiger partial charge in [0.1, 0.15) is 29.4 Å². The molecule has 2 N–H and O–H groups in total. The maximum absolute atomic E-state index is 13.1. The topological polar surface area (TPSA) is 106 Å². The van der Waals surface area contributed by atoms with Crippen molar-refractivity contribution < 1.29 is 9.53 Å². The third kappa shape index (κ3) is 5.05. The Morgan fingerprint density at radius 3 is 2.50 bits per heavy atom. The molecule has 3 aliphatic rings. The molecule has 3 heterocycles. The maximum atomic E-state index is 13.1. The third-order valence-electron chi connectivity index (χ3n) is 8.31. The largest absolute Gasteiger partial charge is 0.489 e. The minimum absolute atomic E-state index is 0.135. The first-order chi connectivity index (χ1) is 18.1. The maximum Gasteiger partial charge on any atom is 0.271 e. The van der Waals surface area contributed by atoms with Crippen LogP contribution in [0.25, 0.3) is 0 Å². The van der Waals surface area contributed by atoms with E-state index in [4.69, 9.17) is 21.6 Å². The van der Waals surface area contributed by atoms with Crippen LogP contribution < -0.4 is 20.3 Å². The van der Waals surface area contributed by atoms with Crippen molar-refractivity contribution in [3.8, 4) is 11.8 Å². The van der Waals surface area contributed by atoms with E-state index in [9.17, 15) is 4.79 Å². The molecule has 38 heavy (non-hydrogen) atoms. The van der Waals surface area contributed by atoms with Crippen LogP contribution in [-0.2, 0) is 0 Å². The number of nitriles is 1. The highest BCUT2D eigenvalue weighted by Gasteiger charge is 2.64. The first kappa shape index (κ1) is 26.7. The van der Waals surface area contributed by atoms with Gasteiger partial charge in [0, 0.05) is 74.7 Å². The number of hydrogen-bond acceptors (Lipinski definition) is 8. The van der Waals surface area contributed by atoms with Gasteiger partial charge in [0.15, 0.2) is 0 Å². The summed E-state index contributed by atoms with van der Waals surface area (Å²) in [5, 5.41) is 16.0. The van der Waals surface area contributed by atoms with Gasteiger partial charge in [-0.3, -0.25) is 4.79 Å². The van der Waals surface area contributed by atoms with Gasteiger partial charge in [-0.25, -0.2) is 9.97 Å². The highest BCUT2D eigenvalue weighted by atomic mass is 35.5. The molecule has 0 spiro atoms. The highest BCUT2D eigenvalue weighted by Crippen LogP contribution is 2.55. The van der Waals surface area contributed by atoms with E-state index in [1.54, 1.807) is 30.6 Å². The number of nitrogens with one attached hydrogen (secondary N) is 2. The van der Waals surface area contributed by atoms with Gasteiger partial charge >= 0.3 is 0 Å². The lowest BCUT2D eigenvalue weighted by Gasteiger charge is -2.63. The third-order valence-corrected chi connectivity index (χ3v) is 8.62. The minimum Gasteiger partial charge on any atom is -0.489 e. The summed E-state index contributed by atoms with van der Waals surface area (Å²) in [5.74, 6) is 1.83. The molecule has 1 aromatic carbocycles. The standard InChI is InChI=1S/C28H36ClN7O2/c1-27(2)25(28(3,4)26(27)38-20-6-5-19(12-30)21(29)11-20)34-24(37)22-13-33-23(14-32-22)36-16-18(17-36)15-35-9-7-31-8-10-35/h5-6,11,13-14,18,25-26,31H,7-10,15-17H2,1-4H3,(H,34,37)/t25-,26-. The van der Waals surface area contributed by atoms with E-state index in [2.05, 4.69) is 64.2 Å². The predicted molar refractivity (Wildman–Crippen MR) is 146 cm³/mol. The van der Waals surface area contributed by atoms with Crippen molar-refractivity contribution in [2.45, 2.75) is 39.8 Å². The van der Waals surface area contributed by atoms with E-state index in [0.29, 0.717) is 27.9 Å². The van der Waals surface area contributed by atoms with Gasteiger partial charge in [-0.05, 0) is 12.1 Å². The highest BCUT2D eigenvalue weighted by molar-refractivity contribution is 6.31. The summed E-state index contributed by atoms with van der Waals surface area (Å²) in [7, 11) is 0.